The Morgan fingerprint density at radius 2 is 2.31 bits per heavy atom. The highest BCUT2D eigenvalue weighted by Crippen LogP contribution is 2.24. The molecule has 5 heteroatoms. The van der Waals surface area contributed by atoms with Crippen LogP contribution in [0.4, 0.5) is 5.69 Å². The molecule has 0 saturated carbocycles. The number of hydrogen-bond donors (Lipinski definition) is 3. The van der Waals surface area contributed by atoms with Crippen LogP contribution in [-0.2, 0) is 4.74 Å². The highest BCUT2D eigenvalue weighted by molar-refractivity contribution is 9.10. The van der Waals surface area contributed by atoms with Gasteiger partial charge in [0.05, 0.1) is 11.7 Å². The Hall–Kier alpha value is -1.07. The lowest BCUT2D eigenvalue weighted by atomic mass is 10.1. The molecule has 4 nitrogen and oxygen atoms in total. The van der Waals surface area contributed by atoms with Crippen LogP contribution in [0.1, 0.15) is 12.5 Å². The van der Waals surface area contributed by atoms with E-state index < -0.39 is 0 Å². The van der Waals surface area contributed by atoms with Gasteiger partial charge in [-0.05, 0) is 35.0 Å². The summed E-state index contributed by atoms with van der Waals surface area (Å²) in [4.78, 5) is 0. The third-order valence-corrected chi connectivity index (χ3v) is 2.93. The van der Waals surface area contributed by atoms with Crippen LogP contribution in [0.2, 0.25) is 0 Å². The van der Waals surface area contributed by atoms with E-state index in [9.17, 15) is 0 Å². The molecule has 0 fully saturated rings. The molecule has 0 bridgehead atoms. The van der Waals surface area contributed by atoms with E-state index >= 15 is 0 Å². The van der Waals surface area contributed by atoms with Crippen LogP contribution < -0.4 is 11.1 Å². The summed E-state index contributed by atoms with van der Waals surface area (Å²) in [7, 11) is 1.67. The lowest BCUT2D eigenvalue weighted by molar-refractivity contribution is 0.129. The normalized spacial score (nSPS) is 12.2. The van der Waals surface area contributed by atoms with E-state index in [0.717, 1.165) is 10.2 Å². The summed E-state index contributed by atoms with van der Waals surface area (Å²) in [6.07, 6.45) is 0.110. The number of methoxy groups -OCH3 is 1. The Bertz CT molecular complexity index is 381. The smallest absolute Gasteiger partial charge is 0.126 e. The van der Waals surface area contributed by atoms with E-state index in [2.05, 4.69) is 21.2 Å². The summed E-state index contributed by atoms with van der Waals surface area (Å²) in [6.45, 7) is 2.64. The van der Waals surface area contributed by atoms with Crippen molar-refractivity contribution < 1.29 is 4.74 Å². The fourth-order valence-electron chi connectivity index (χ4n) is 1.28. The van der Waals surface area contributed by atoms with Crippen molar-refractivity contribution in [3.05, 3.63) is 28.2 Å². The van der Waals surface area contributed by atoms with Crippen LogP contribution in [0.25, 0.3) is 0 Å². The molecule has 0 heterocycles. The Kier molecular flexibility index (Phi) is 4.76. The molecule has 1 atom stereocenters. The molecule has 4 N–H and O–H groups in total. The lowest BCUT2D eigenvalue weighted by Crippen LogP contribution is -2.21. The highest BCUT2D eigenvalue weighted by atomic mass is 79.9. The second-order valence-corrected chi connectivity index (χ2v) is 4.36. The number of benzene rings is 1. The number of nitrogen functional groups attached to an aromatic ring is 1. The first-order valence-electron chi connectivity index (χ1n) is 4.95. The van der Waals surface area contributed by atoms with Crippen LogP contribution in [-0.4, -0.2) is 25.6 Å². The zero-order chi connectivity index (χ0) is 12.1. The quantitative estimate of drug-likeness (QED) is 0.574. The molecule has 0 spiro atoms. The Morgan fingerprint density at radius 3 is 2.88 bits per heavy atom. The van der Waals surface area contributed by atoms with Crippen LogP contribution in [0.3, 0.4) is 0 Å². The number of amidine groups is 1. The molecular weight excluding hydrogens is 270 g/mol. The van der Waals surface area contributed by atoms with Gasteiger partial charge < -0.3 is 15.8 Å². The minimum Gasteiger partial charge on any atom is -0.384 e. The van der Waals surface area contributed by atoms with Gasteiger partial charge in [-0.3, -0.25) is 5.41 Å². The molecule has 88 valence electrons. The first-order chi connectivity index (χ1) is 7.56. The molecular formula is C11H16BrN3O. The van der Waals surface area contributed by atoms with Gasteiger partial charge in [0.2, 0.25) is 0 Å². The van der Waals surface area contributed by atoms with Crippen molar-refractivity contribution in [3.8, 4) is 0 Å². The first-order valence-corrected chi connectivity index (χ1v) is 5.75. The standard InChI is InChI=1S/C11H16BrN3O/c1-7(16-2)6-15-9-5-3-4-8(12)10(9)11(13)14/h3-5,7,15H,6H2,1-2H3,(H3,13,14). The monoisotopic (exact) mass is 285 g/mol. The van der Waals surface area contributed by atoms with Crippen molar-refractivity contribution in [2.45, 2.75) is 13.0 Å². The Morgan fingerprint density at radius 1 is 1.62 bits per heavy atom. The molecule has 1 rings (SSSR count). The molecule has 0 amide bonds. The number of halogens is 1. The van der Waals surface area contributed by atoms with Gasteiger partial charge in [0, 0.05) is 23.8 Å². The van der Waals surface area contributed by atoms with E-state index in [0.29, 0.717) is 12.1 Å². The SMILES string of the molecule is COC(C)CNc1cccc(Br)c1C(=N)N. The van der Waals surface area contributed by atoms with Gasteiger partial charge in [-0.1, -0.05) is 6.07 Å². The molecule has 0 radical (unpaired) electrons. The summed E-state index contributed by atoms with van der Waals surface area (Å²) < 4.78 is 5.96. The molecule has 0 aliphatic rings. The molecule has 1 aromatic rings. The summed E-state index contributed by atoms with van der Waals surface area (Å²) in [5.74, 6) is 0.0417. The van der Waals surface area contributed by atoms with Crippen molar-refractivity contribution in [1.29, 1.82) is 5.41 Å². The average Bonchev–Trinajstić information content (AvgIpc) is 2.25. The van der Waals surface area contributed by atoms with Crippen molar-refractivity contribution >= 4 is 27.5 Å². The van der Waals surface area contributed by atoms with Crippen LogP contribution in [0.15, 0.2) is 22.7 Å². The molecule has 1 aromatic carbocycles. The van der Waals surface area contributed by atoms with E-state index in [1.807, 2.05) is 25.1 Å². The topological polar surface area (TPSA) is 71.1 Å². The number of rotatable bonds is 5. The van der Waals surface area contributed by atoms with Crippen molar-refractivity contribution in [2.75, 3.05) is 19.0 Å². The molecule has 0 saturated heterocycles. The molecule has 0 aromatic heterocycles. The molecule has 0 aliphatic carbocycles. The Balaban J connectivity index is 2.87. The average molecular weight is 286 g/mol. The maximum absolute atomic E-state index is 7.52. The van der Waals surface area contributed by atoms with E-state index in [4.69, 9.17) is 15.9 Å². The molecule has 0 aliphatic heterocycles. The van der Waals surface area contributed by atoms with Crippen molar-refractivity contribution in [3.63, 3.8) is 0 Å². The maximum atomic E-state index is 7.52. The number of nitrogens with two attached hydrogens (primary N) is 1. The van der Waals surface area contributed by atoms with Gasteiger partial charge in [0.25, 0.3) is 0 Å². The van der Waals surface area contributed by atoms with Crippen molar-refractivity contribution in [2.24, 2.45) is 5.73 Å². The zero-order valence-electron chi connectivity index (χ0n) is 9.38. The van der Waals surface area contributed by atoms with E-state index in [1.165, 1.54) is 0 Å². The number of nitrogens with one attached hydrogen (secondary N) is 2. The van der Waals surface area contributed by atoms with Gasteiger partial charge >= 0.3 is 0 Å². The summed E-state index contributed by atoms with van der Waals surface area (Å²) >= 11 is 3.38. The predicted molar refractivity (Wildman–Crippen MR) is 70.1 cm³/mol. The summed E-state index contributed by atoms with van der Waals surface area (Å²) in [5.41, 5.74) is 7.06. The van der Waals surface area contributed by atoms with Gasteiger partial charge in [-0.15, -0.1) is 0 Å². The third-order valence-electron chi connectivity index (χ3n) is 2.27. The molecule has 16 heavy (non-hydrogen) atoms. The van der Waals surface area contributed by atoms with Crippen LogP contribution in [0.5, 0.6) is 0 Å². The fraction of sp³-hybridized carbons (Fsp3) is 0.364. The highest BCUT2D eigenvalue weighted by Gasteiger charge is 2.09. The summed E-state index contributed by atoms with van der Waals surface area (Å²) in [5, 5.41) is 10.7. The predicted octanol–water partition coefficient (Wildman–Crippen LogP) is 2.18. The van der Waals surface area contributed by atoms with Gasteiger partial charge in [-0.25, -0.2) is 0 Å². The largest absolute Gasteiger partial charge is 0.384 e. The fourth-order valence-corrected chi connectivity index (χ4v) is 1.86. The molecule has 1 unspecified atom stereocenters. The Labute approximate surface area is 104 Å². The van der Waals surface area contributed by atoms with Crippen LogP contribution >= 0.6 is 15.9 Å². The van der Waals surface area contributed by atoms with Crippen LogP contribution in [0, 0.1) is 5.41 Å². The second-order valence-electron chi connectivity index (χ2n) is 3.50. The first kappa shape index (κ1) is 13.0. The third kappa shape index (κ3) is 3.21. The minimum absolute atomic E-state index is 0.0417. The summed E-state index contributed by atoms with van der Waals surface area (Å²) in [6, 6.07) is 5.65. The van der Waals surface area contributed by atoms with E-state index in [1.54, 1.807) is 7.11 Å². The number of ether oxygens (including phenoxy) is 1. The van der Waals surface area contributed by atoms with Gasteiger partial charge in [0.1, 0.15) is 5.84 Å². The zero-order valence-corrected chi connectivity index (χ0v) is 11.0. The van der Waals surface area contributed by atoms with E-state index in [-0.39, 0.29) is 11.9 Å². The minimum atomic E-state index is 0.0417. The van der Waals surface area contributed by atoms with Gasteiger partial charge in [0.15, 0.2) is 0 Å². The van der Waals surface area contributed by atoms with Crippen molar-refractivity contribution in [1.82, 2.24) is 0 Å². The second kappa shape index (κ2) is 5.86. The van der Waals surface area contributed by atoms with Gasteiger partial charge in [-0.2, -0.15) is 0 Å². The number of anilines is 1. The lowest BCUT2D eigenvalue weighted by Gasteiger charge is -2.15. The maximum Gasteiger partial charge on any atom is 0.126 e. The number of hydrogen-bond acceptors (Lipinski definition) is 3.